The van der Waals surface area contributed by atoms with E-state index >= 15 is 0 Å². The molecule has 0 spiro atoms. The summed E-state index contributed by atoms with van der Waals surface area (Å²) in [6.07, 6.45) is 6.84. The molecule has 0 aromatic carbocycles. The summed E-state index contributed by atoms with van der Waals surface area (Å²) in [5.74, 6) is -1.07. The number of aliphatic carboxylic acids is 1. The number of amides is 1. The van der Waals surface area contributed by atoms with Crippen LogP contribution in [-0.2, 0) is 19.1 Å². The van der Waals surface area contributed by atoms with E-state index in [0.717, 1.165) is 25.7 Å². The topological polar surface area (TPSA) is 84.9 Å². The highest BCUT2D eigenvalue weighted by Crippen LogP contribution is 2.26. The van der Waals surface area contributed by atoms with Crippen molar-refractivity contribution in [2.24, 2.45) is 0 Å². The number of hydrogen-bond donors (Lipinski definition) is 2. The summed E-state index contributed by atoms with van der Waals surface area (Å²) in [5, 5.41) is 12.2. The van der Waals surface area contributed by atoms with Gasteiger partial charge in [-0.05, 0) is 32.1 Å². The van der Waals surface area contributed by atoms with Gasteiger partial charge in [0.2, 0.25) is 5.91 Å². The summed E-state index contributed by atoms with van der Waals surface area (Å²) in [6, 6.07) is 0. The van der Waals surface area contributed by atoms with Gasteiger partial charge in [0.25, 0.3) is 0 Å². The van der Waals surface area contributed by atoms with Crippen LogP contribution in [0.2, 0.25) is 0 Å². The van der Waals surface area contributed by atoms with E-state index in [0.29, 0.717) is 32.5 Å². The van der Waals surface area contributed by atoms with Crippen LogP contribution in [0.5, 0.6) is 0 Å². The number of carbonyl (C=O) groups is 2. The minimum atomic E-state index is -0.895. The Morgan fingerprint density at radius 3 is 2.48 bits per heavy atom. The Hall–Kier alpha value is -1.14. The Balaban J connectivity index is 1.95. The lowest BCUT2D eigenvalue weighted by molar-refractivity contribution is -0.145. The van der Waals surface area contributed by atoms with Gasteiger partial charge in [-0.15, -0.1) is 0 Å². The van der Waals surface area contributed by atoms with Crippen molar-refractivity contribution in [3.63, 3.8) is 0 Å². The lowest BCUT2D eigenvalue weighted by Crippen LogP contribution is -2.56. The first-order valence-corrected chi connectivity index (χ1v) is 8.82. The summed E-state index contributed by atoms with van der Waals surface area (Å²) in [4.78, 5) is 23.8. The van der Waals surface area contributed by atoms with Crippen molar-refractivity contribution in [3.8, 4) is 0 Å². The predicted molar refractivity (Wildman–Crippen MR) is 85.2 cm³/mol. The molecule has 23 heavy (non-hydrogen) atoms. The second kappa shape index (κ2) is 8.64. The van der Waals surface area contributed by atoms with Gasteiger partial charge in [-0.1, -0.05) is 26.2 Å². The molecule has 0 aromatic rings. The number of nitrogens with one attached hydrogen (secondary N) is 1. The maximum absolute atomic E-state index is 12.6. The highest BCUT2D eigenvalue weighted by atomic mass is 16.5. The van der Waals surface area contributed by atoms with E-state index in [1.165, 1.54) is 6.42 Å². The first kappa shape index (κ1) is 18.2. The predicted octanol–water partition coefficient (Wildman–Crippen LogP) is 2.25. The summed E-state index contributed by atoms with van der Waals surface area (Å²) in [6.45, 7) is 2.89. The molecule has 2 aliphatic rings. The molecule has 1 aliphatic carbocycles. The van der Waals surface area contributed by atoms with Gasteiger partial charge in [-0.25, -0.2) is 0 Å². The van der Waals surface area contributed by atoms with Gasteiger partial charge in [0.15, 0.2) is 0 Å². The number of hydrogen-bond acceptors (Lipinski definition) is 4. The highest BCUT2D eigenvalue weighted by molar-refractivity contribution is 5.82. The van der Waals surface area contributed by atoms with Gasteiger partial charge in [0.1, 0.15) is 6.10 Å². The maximum Gasteiger partial charge on any atom is 0.305 e. The third-order valence-corrected chi connectivity index (χ3v) is 4.90. The van der Waals surface area contributed by atoms with Gasteiger partial charge in [0, 0.05) is 13.2 Å². The third kappa shape index (κ3) is 5.46. The van der Waals surface area contributed by atoms with Crippen molar-refractivity contribution < 1.29 is 24.2 Å². The first-order valence-electron chi connectivity index (χ1n) is 8.82. The molecule has 1 amide bonds. The Kier molecular flexibility index (Phi) is 6.84. The Morgan fingerprint density at radius 2 is 1.91 bits per heavy atom. The second-order valence-electron chi connectivity index (χ2n) is 6.75. The molecule has 1 saturated carbocycles. The smallest absolute Gasteiger partial charge is 0.305 e. The fraction of sp³-hybridized carbons (Fsp3) is 0.882. The lowest BCUT2D eigenvalue weighted by Gasteiger charge is -2.38. The van der Waals surface area contributed by atoms with Crippen LogP contribution in [0.15, 0.2) is 0 Å². The standard InChI is InChI=1S/C17H29NO5/c1-2-14(23-13-6-4-3-5-7-13)16(21)18-17(12-15(19)20)8-10-22-11-9-17/h13-14H,2-12H2,1H3,(H,18,21)(H,19,20). The van der Waals surface area contributed by atoms with Gasteiger partial charge < -0.3 is 19.9 Å². The Labute approximate surface area is 137 Å². The zero-order valence-electron chi connectivity index (χ0n) is 14.0. The maximum atomic E-state index is 12.6. The number of rotatable bonds is 7. The third-order valence-electron chi connectivity index (χ3n) is 4.90. The molecule has 1 unspecified atom stereocenters. The second-order valence-corrected chi connectivity index (χ2v) is 6.75. The number of carboxylic acid groups (broad SMARTS) is 1. The van der Waals surface area contributed by atoms with E-state index in [1.54, 1.807) is 0 Å². The van der Waals surface area contributed by atoms with E-state index in [2.05, 4.69) is 5.32 Å². The first-order chi connectivity index (χ1) is 11.0. The number of carbonyl (C=O) groups excluding carboxylic acids is 1. The fourth-order valence-corrected chi connectivity index (χ4v) is 3.52. The molecule has 0 aromatic heterocycles. The Bertz CT molecular complexity index is 400. The van der Waals surface area contributed by atoms with Crippen molar-refractivity contribution in [2.45, 2.75) is 82.5 Å². The van der Waals surface area contributed by atoms with E-state index in [-0.39, 0.29) is 18.4 Å². The molecule has 0 bridgehead atoms. The van der Waals surface area contributed by atoms with Crippen LogP contribution in [0, 0.1) is 0 Å². The van der Waals surface area contributed by atoms with Gasteiger partial charge in [-0.2, -0.15) is 0 Å². The van der Waals surface area contributed by atoms with Crippen LogP contribution in [0.3, 0.4) is 0 Å². The monoisotopic (exact) mass is 327 g/mol. The van der Waals surface area contributed by atoms with Gasteiger partial charge in [0.05, 0.1) is 18.1 Å². The van der Waals surface area contributed by atoms with Crippen LogP contribution in [0.1, 0.15) is 64.7 Å². The fourth-order valence-electron chi connectivity index (χ4n) is 3.52. The molecule has 1 heterocycles. The molecule has 1 atom stereocenters. The highest BCUT2D eigenvalue weighted by Gasteiger charge is 2.38. The Morgan fingerprint density at radius 1 is 1.26 bits per heavy atom. The molecule has 2 fully saturated rings. The number of ether oxygens (including phenoxy) is 2. The zero-order chi connectivity index (χ0) is 16.7. The summed E-state index contributed by atoms with van der Waals surface area (Å²) < 4.78 is 11.3. The zero-order valence-corrected chi connectivity index (χ0v) is 14.0. The van der Waals surface area contributed by atoms with Crippen LogP contribution < -0.4 is 5.32 Å². The quantitative estimate of drug-likeness (QED) is 0.749. The lowest BCUT2D eigenvalue weighted by atomic mass is 9.86. The van der Waals surface area contributed by atoms with E-state index in [4.69, 9.17) is 9.47 Å². The van der Waals surface area contributed by atoms with E-state index in [9.17, 15) is 14.7 Å². The molecule has 6 heteroatoms. The molecule has 1 saturated heterocycles. The van der Waals surface area contributed by atoms with Crippen LogP contribution in [0.25, 0.3) is 0 Å². The van der Waals surface area contributed by atoms with Crippen LogP contribution >= 0.6 is 0 Å². The van der Waals surface area contributed by atoms with Gasteiger partial charge in [-0.3, -0.25) is 9.59 Å². The summed E-state index contributed by atoms with van der Waals surface area (Å²) in [5.41, 5.74) is -0.704. The van der Waals surface area contributed by atoms with E-state index in [1.807, 2.05) is 6.92 Å². The summed E-state index contributed by atoms with van der Waals surface area (Å²) in [7, 11) is 0. The van der Waals surface area contributed by atoms with Crippen LogP contribution in [-0.4, -0.2) is 47.9 Å². The normalized spacial score (nSPS) is 23.2. The molecule has 2 rings (SSSR count). The van der Waals surface area contributed by atoms with Crippen molar-refractivity contribution >= 4 is 11.9 Å². The van der Waals surface area contributed by atoms with Crippen molar-refractivity contribution in [1.82, 2.24) is 5.32 Å². The van der Waals surface area contributed by atoms with Crippen molar-refractivity contribution in [2.75, 3.05) is 13.2 Å². The van der Waals surface area contributed by atoms with Crippen molar-refractivity contribution in [3.05, 3.63) is 0 Å². The SMILES string of the molecule is CCC(OC1CCCCC1)C(=O)NC1(CC(=O)O)CCOCC1. The largest absolute Gasteiger partial charge is 0.481 e. The molecular formula is C17H29NO5. The van der Waals surface area contributed by atoms with Crippen molar-refractivity contribution in [1.29, 1.82) is 0 Å². The van der Waals surface area contributed by atoms with Crippen LogP contribution in [0.4, 0.5) is 0 Å². The molecular weight excluding hydrogens is 298 g/mol. The molecule has 1 aliphatic heterocycles. The molecule has 132 valence electrons. The molecule has 6 nitrogen and oxygen atoms in total. The number of carboxylic acids is 1. The molecule has 2 N–H and O–H groups in total. The van der Waals surface area contributed by atoms with E-state index < -0.39 is 17.6 Å². The average Bonchev–Trinajstić information content (AvgIpc) is 2.53. The minimum absolute atomic E-state index is 0.0675. The van der Waals surface area contributed by atoms with Gasteiger partial charge >= 0.3 is 5.97 Å². The minimum Gasteiger partial charge on any atom is -0.481 e. The molecule has 0 radical (unpaired) electrons. The average molecular weight is 327 g/mol. The summed E-state index contributed by atoms with van der Waals surface area (Å²) >= 11 is 0.